The van der Waals surface area contributed by atoms with E-state index in [2.05, 4.69) is 10.6 Å². The molecule has 1 aliphatic rings. The van der Waals surface area contributed by atoms with Crippen molar-refractivity contribution in [2.24, 2.45) is 12.8 Å². The second kappa shape index (κ2) is 14.3. The number of carbonyl (C=O) groups excluding carboxylic acids is 2. The predicted molar refractivity (Wildman–Crippen MR) is 163 cm³/mol. The predicted octanol–water partition coefficient (Wildman–Crippen LogP) is 3.35. The molecule has 40 heavy (non-hydrogen) atoms. The first-order valence-corrected chi connectivity index (χ1v) is 13.0. The number of aromatic nitrogens is 2. The number of imidazole rings is 1. The number of hydrogen-bond acceptors (Lipinski definition) is 7. The molecule has 4 rings (SSSR count). The molecule has 218 valence electrons. The first-order chi connectivity index (χ1) is 18.2. The molecule has 1 aliphatic heterocycles. The Balaban J connectivity index is 0.00000280. The summed E-state index contributed by atoms with van der Waals surface area (Å²) in [7, 11) is 1.97. The number of nitrogens with one attached hydrogen (secondary N) is 3. The summed E-state index contributed by atoms with van der Waals surface area (Å²) in [5, 5.41) is 14.1. The van der Waals surface area contributed by atoms with Crippen molar-refractivity contribution in [3.63, 3.8) is 0 Å². The van der Waals surface area contributed by atoms with Crippen LogP contribution in [0.1, 0.15) is 43.6 Å². The molecular weight excluding hydrogens is 553 g/mol. The van der Waals surface area contributed by atoms with Crippen LogP contribution >= 0.6 is 24.8 Å². The summed E-state index contributed by atoms with van der Waals surface area (Å²) in [5.41, 5.74) is 8.89. The molecule has 1 amide bonds. The molecule has 10 nitrogen and oxygen atoms in total. The lowest BCUT2D eigenvalue weighted by Crippen LogP contribution is -2.50. The molecule has 0 aliphatic carbocycles. The zero-order chi connectivity index (χ0) is 27.3. The lowest BCUT2D eigenvalue weighted by atomic mass is 9.80. The van der Waals surface area contributed by atoms with E-state index in [1.165, 1.54) is 0 Å². The number of carbonyl (C=O) groups is 2. The van der Waals surface area contributed by atoms with Crippen LogP contribution in [0.5, 0.6) is 0 Å². The second-order valence-electron chi connectivity index (χ2n) is 9.88. The SMILES string of the molecule is CCOC(=O)CNCC(C)(C(=O)N1CCCC1)c1ccc2c(c1)nc(CNc1ccc(C(=N)N)cc1)n2C.Cl.Cl. The fourth-order valence-electron chi connectivity index (χ4n) is 4.90. The Kier molecular flexibility index (Phi) is 11.8. The molecule has 1 aromatic heterocycles. The van der Waals surface area contributed by atoms with E-state index in [-0.39, 0.29) is 49.1 Å². The van der Waals surface area contributed by atoms with Crippen molar-refractivity contribution in [3.05, 3.63) is 59.4 Å². The van der Waals surface area contributed by atoms with Gasteiger partial charge in [0.2, 0.25) is 5.91 Å². The number of nitrogen functional groups attached to an aromatic ring is 1. The summed E-state index contributed by atoms with van der Waals surface area (Å²) in [4.78, 5) is 32.4. The first-order valence-electron chi connectivity index (χ1n) is 13.0. The number of benzene rings is 2. The van der Waals surface area contributed by atoms with Gasteiger partial charge in [0.25, 0.3) is 0 Å². The summed E-state index contributed by atoms with van der Waals surface area (Å²) in [6.07, 6.45) is 2.01. The molecule has 0 bridgehead atoms. The van der Waals surface area contributed by atoms with Crippen LogP contribution in [0.2, 0.25) is 0 Å². The van der Waals surface area contributed by atoms with E-state index < -0.39 is 5.41 Å². The van der Waals surface area contributed by atoms with Crippen LogP contribution in [0.25, 0.3) is 11.0 Å². The summed E-state index contributed by atoms with van der Waals surface area (Å²) < 4.78 is 7.07. The average Bonchev–Trinajstić information content (AvgIpc) is 3.55. The van der Waals surface area contributed by atoms with E-state index in [9.17, 15) is 9.59 Å². The smallest absolute Gasteiger partial charge is 0.319 e. The van der Waals surface area contributed by atoms with E-state index in [4.69, 9.17) is 20.9 Å². The van der Waals surface area contributed by atoms with Crippen LogP contribution in [0.15, 0.2) is 42.5 Å². The maximum absolute atomic E-state index is 13.7. The Hall–Kier alpha value is -3.34. The normalized spacial score (nSPS) is 14.1. The number of nitrogens with two attached hydrogens (primary N) is 1. The Labute approximate surface area is 247 Å². The number of amidine groups is 1. The van der Waals surface area contributed by atoms with Gasteiger partial charge in [0.15, 0.2) is 0 Å². The van der Waals surface area contributed by atoms with Crippen molar-refractivity contribution in [1.82, 2.24) is 19.8 Å². The number of rotatable bonds is 11. The third-order valence-electron chi connectivity index (χ3n) is 7.18. The van der Waals surface area contributed by atoms with Crippen LogP contribution in [0.3, 0.4) is 0 Å². The molecular formula is C28H39Cl2N7O3. The largest absolute Gasteiger partial charge is 0.465 e. The van der Waals surface area contributed by atoms with E-state index in [0.717, 1.165) is 54.0 Å². The number of ether oxygens (including phenoxy) is 1. The maximum atomic E-state index is 13.7. The van der Waals surface area contributed by atoms with Crippen molar-refractivity contribution in [1.29, 1.82) is 5.41 Å². The Morgan fingerprint density at radius 2 is 1.80 bits per heavy atom. The average molecular weight is 593 g/mol. The summed E-state index contributed by atoms with van der Waals surface area (Å²) in [6.45, 7) is 6.39. The Bertz CT molecular complexity index is 1320. The highest BCUT2D eigenvalue weighted by Gasteiger charge is 2.39. The van der Waals surface area contributed by atoms with Crippen LogP contribution < -0.4 is 16.4 Å². The van der Waals surface area contributed by atoms with Crippen molar-refractivity contribution < 1.29 is 14.3 Å². The molecule has 3 aromatic rings. The highest BCUT2D eigenvalue weighted by atomic mass is 35.5. The van der Waals surface area contributed by atoms with Gasteiger partial charge in [-0.3, -0.25) is 15.0 Å². The molecule has 12 heteroatoms. The van der Waals surface area contributed by atoms with Crippen LogP contribution in [0, 0.1) is 5.41 Å². The van der Waals surface area contributed by atoms with E-state index >= 15 is 0 Å². The van der Waals surface area contributed by atoms with Crippen molar-refractivity contribution >= 4 is 59.2 Å². The van der Waals surface area contributed by atoms with Crippen LogP contribution in [-0.4, -0.2) is 64.9 Å². The third-order valence-corrected chi connectivity index (χ3v) is 7.18. The highest BCUT2D eigenvalue weighted by molar-refractivity contribution is 5.95. The van der Waals surface area contributed by atoms with Crippen molar-refractivity contribution in [2.75, 3.05) is 38.1 Å². The quantitative estimate of drug-likeness (QED) is 0.152. The summed E-state index contributed by atoms with van der Waals surface area (Å²) >= 11 is 0. The lowest BCUT2D eigenvalue weighted by Gasteiger charge is -2.33. The molecule has 1 atom stereocenters. The number of halogens is 2. The number of esters is 1. The van der Waals surface area contributed by atoms with Gasteiger partial charge in [-0.05, 0) is 68.7 Å². The minimum Gasteiger partial charge on any atom is -0.465 e. The van der Waals surface area contributed by atoms with Crippen LogP contribution in [0.4, 0.5) is 5.69 Å². The molecule has 0 spiro atoms. The van der Waals surface area contributed by atoms with E-state index in [0.29, 0.717) is 25.3 Å². The van der Waals surface area contributed by atoms with Gasteiger partial charge in [0, 0.05) is 37.9 Å². The van der Waals surface area contributed by atoms with Crippen molar-refractivity contribution in [2.45, 2.75) is 38.6 Å². The molecule has 1 saturated heterocycles. The van der Waals surface area contributed by atoms with Gasteiger partial charge in [-0.15, -0.1) is 24.8 Å². The topological polar surface area (TPSA) is 138 Å². The minimum absolute atomic E-state index is 0. The fraction of sp³-hybridized carbons (Fsp3) is 0.429. The van der Waals surface area contributed by atoms with Gasteiger partial charge >= 0.3 is 5.97 Å². The molecule has 5 N–H and O–H groups in total. The van der Waals surface area contributed by atoms with Crippen molar-refractivity contribution in [3.8, 4) is 0 Å². The Morgan fingerprint density at radius 3 is 2.42 bits per heavy atom. The lowest BCUT2D eigenvalue weighted by molar-refractivity contribution is -0.142. The zero-order valence-corrected chi connectivity index (χ0v) is 24.8. The molecule has 2 heterocycles. The number of nitrogens with zero attached hydrogens (tertiary/aromatic N) is 3. The standard InChI is InChI=1S/C28H37N7O3.2ClH/c1-4-38-25(36)17-31-18-28(2,27(37)35-13-5-6-14-35)20-9-12-23-22(15-20)33-24(34(23)3)16-32-21-10-7-19(8-11-21)26(29)30;;/h7-12,15,31-32H,4-6,13-14,16-18H2,1-3H3,(H3,29,30);2*1H. The summed E-state index contributed by atoms with van der Waals surface area (Å²) in [5.74, 6) is 0.601. The molecule has 0 saturated carbocycles. The first kappa shape index (κ1) is 32.9. The van der Waals surface area contributed by atoms with Gasteiger partial charge in [-0.2, -0.15) is 0 Å². The zero-order valence-electron chi connectivity index (χ0n) is 23.2. The molecule has 2 aromatic carbocycles. The Morgan fingerprint density at radius 1 is 1.12 bits per heavy atom. The van der Waals surface area contributed by atoms with Gasteiger partial charge in [-0.25, -0.2) is 4.98 Å². The molecule has 1 unspecified atom stereocenters. The maximum Gasteiger partial charge on any atom is 0.319 e. The highest BCUT2D eigenvalue weighted by Crippen LogP contribution is 2.30. The van der Waals surface area contributed by atoms with E-state index in [1.807, 2.05) is 53.8 Å². The number of aryl methyl sites for hydroxylation is 1. The van der Waals surface area contributed by atoms with Gasteiger partial charge in [-0.1, -0.05) is 6.07 Å². The minimum atomic E-state index is -0.862. The molecule has 0 radical (unpaired) electrons. The number of amides is 1. The van der Waals surface area contributed by atoms with Gasteiger partial charge in [0.1, 0.15) is 11.7 Å². The number of fused-ring (bicyclic) bond motifs is 1. The second-order valence-corrected chi connectivity index (χ2v) is 9.88. The fourth-order valence-corrected chi connectivity index (χ4v) is 4.90. The van der Waals surface area contributed by atoms with Gasteiger partial charge < -0.3 is 30.6 Å². The van der Waals surface area contributed by atoms with E-state index in [1.54, 1.807) is 19.1 Å². The molecule has 1 fully saturated rings. The van der Waals surface area contributed by atoms with Crippen LogP contribution in [-0.2, 0) is 33.3 Å². The number of hydrogen-bond donors (Lipinski definition) is 4. The third kappa shape index (κ3) is 7.24. The number of anilines is 1. The monoisotopic (exact) mass is 591 g/mol. The number of likely N-dealkylation sites (tertiary alicyclic amines) is 1. The summed E-state index contributed by atoms with van der Waals surface area (Å²) in [6, 6.07) is 13.4. The van der Waals surface area contributed by atoms with Gasteiger partial charge in [0.05, 0.1) is 36.1 Å².